The smallest absolute Gasteiger partial charge is 0.330 e. The summed E-state index contributed by atoms with van der Waals surface area (Å²) in [6, 6.07) is 3.98. The van der Waals surface area contributed by atoms with Gasteiger partial charge in [0, 0.05) is 17.2 Å². The number of carbonyl (C=O) groups excluding carboxylic acids is 1. The van der Waals surface area contributed by atoms with Crippen LogP contribution in [0.3, 0.4) is 0 Å². The summed E-state index contributed by atoms with van der Waals surface area (Å²) in [5, 5.41) is 10.6. The van der Waals surface area contributed by atoms with Gasteiger partial charge in [-0.2, -0.15) is 0 Å². The number of rotatable bonds is 3. The summed E-state index contributed by atoms with van der Waals surface area (Å²) < 4.78 is 4.89. The van der Waals surface area contributed by atoms with Gasteiger partial charge in [-0.15, -0.1) is 0 Å². The Kier molecular flexibility index (Phi) is 5.44. The van der Waals surface area contributed by atoms with E-state index in [1.54, 1.807) is 13.0 Å². The highest BCUT2D eigenvalue weighted by Gasteiger charge is 2.24. The van der Waals surface area contributed by atoms with E-state index in [4.69, 9.17) is 4.74 Å². The second-order valence-corrected chi connectivity index (χ2v) is 7.55. The minimum atomic E-state index is -0.402. The number of aromatic hydroxyl groups is 1. The van der Waals surface area contributed by atoms with Crippen LogP contribution in [0.4, 0.5) is 0 Å². The highest BCUT2D eigenvalue weighted by atomic mass is 16.5. The fourth-order valence-electron chi connectivity index (χ4n) is 2.14. The summed E-state index contributed by atoms with van der Waals surface area (Å²) >= 11 is 0. The third kappa shape index (κ3) is 4.62. The number of esters is 1. The Bertz CT molecular complexity index is 570. The van der Waals surface area contributed by atoms with Gasteiger partial charge in [-0.25, -0.2) is 4.79 Å². The van der Waals surface area contributed by atoms with E-state index in [2.05, 4.69) is 47.6 Å². The monoisotopic (exact) mass is 304 g/mol. The molecule has 22 heavy (non-hydrogen) atoms. The van der Waals surface area contributed by atoms with Gasteiger partial charge in [0.15, 0.2) is 0 Å². The Morgan fingerprint density at radius 2 is 1.73 bits per heavy atom. The normalized spacial score (nSPS) is 12.7. The van der Waals surface area contributed by atoms with Gasteiger partial charge in [0.1, 0.15) is 5.75 Å². The Balaban J connectivity index is 3.41. The fraction of sp³-hybridized carbons (Fsp3) is 0.526. The molecule has 0 unspecified atom stereocenters. The van der Waals surface area contributed by atoms with E-state index in [9.17, 15) is 9.90 Å². The lowest BCUT2D eigenvalue weighted by atomic mass is 9.79. The number of hydrogen-bond donors (Lipinski definition) is 1. The number of carbonyl (C=O) groups is 1. The minimum Gasteiger partial charge on any atom is -0.507 e. The maximum absolute atomic E-state index is 11.5. The topological polar surface area (TPSA) is 46.5 Å². The summed E-state index contributed by atoms with van der Waals surface area (Å²) in [7, 11) is 0. The largest absolute Gasteiger partial charge is 0.507 e. The lowest BCUT2D eigenvalue weighted by molar-refractivity contribution is -0.137. The van der Waals surface area contributed by atoms with Gasteiger partial charge in [-0.3, -0.25) is 0 Å². The molecule has 0 fully saturated rings. The van der Waals surface area contributed by atoms with Gasteiger partial charge in [0.25, 0.3) is 0 Å². The van der Waals surface area contributed by atoms with Crippen molar-refractivity contribution >= 4 is 12.0 Å². The van der Waals surface area contributed by atoms with E-state index >= 15 is 0 Å². The van der Waals surface area contributed by atoms with E-state index in [-0.39, 0.29) is 16.6 Å². The molecular formula is C19H28O3. The molecular weight excluding hydrogens is 276 g/mol. The highest BCUT2D eigenvalue weighted by molar-refractivity contribution is 5.87. The van der Waals surface area contributed by atoms with Crippen LogP contribution in [0.5, 0.6) is 5.75 Å². The third-order valence-electron chi connectivity index (χ3n) is 3.50. The third-order valence-corrected chi connectivity index (χ3v) is 3.50. The van der Waals surface area contributed by atoms with Crippen molar-refractivity contribution in [3.8, 4) is 5.75 Å². The summed E-state index contributed by atoms with van der Waals surface area (Å²) in [5.74, 6) is -0.179. The van der Waals surface area contributed by atoms with Crippen LogP contribution in [0.15, 0.2) is 18.2 Å². The molecule has 1 aromatic carbocycles. The van der Waals surface area contributed by atoms with Gasteiger partial charge < -0.3 is 9.84 Å². The van der Waals surface area contributed by atoms with Crippen LogP contribution in [-0.4, -0.2) is 17.7 Å². The molecule has 0 aliphatic carbocycles. The molecule has 122 valence electrons. The first kappa shape index (κ1) is 18.3. The van der Waals surface area contributed by atoms with Crippen LogP contribution in [0.2, 0.25) is 0 Å². The van der Waals surface area contributed by atoms with Crippen molar-refractivity contribution in [3.05, 3.63) is 34.9 Å². The molecule has 0 saturated heterocycles. The molecule has 3 heteroatoms. The van der Waals surface area contributed by atoms with Crippen LogP contribution in [0.25, 0.3) is 6.08 Å². The van der Waals surface area contributed by atoms with Crippen LogP contribution in [-0.2, 0) is 20.4 Å². The second-order valence-electron chi connectivity index (χ2n) is 7.55. The van der Waals surface area contributed by atoms with Gasteiger partial charge >= 0.3 is 5.97 Å². The van der Waals surface area contributed by atoms with E-state index < -0.39 is 5.97 Å². The molecule has 3 nitrogen and oxygen atoms in total. The molecule has 1 aromatic rings. The lowest BCUT2D eigenvalue weighted by Crippen LogP contribution is -2.17. The standard InChI is InChI=1S/C19H28O3/c1-8-22-16(20)10-9-13-11-14(18(2,3)4)12-15(17(13)21)19(5,6)7/h9-12,21H,8H2,1-7H3. The molecule has 0 saturated carbocycles. The van der Waals surface area contributed by atoms with Crippen molar-refractivity contribution < 1.29 is 14.6 Å². The molecule has 0 aromatic heterocycles. The van der Waals surface area contributed by atoms with Crippen LogP contribution in [0.1, 0.15) is 65.2 Å². The fourth-order valence-corrected chi connectivity index (χ4v) is 2.14. The Labute approximate surface area is 134 Å². The average Bonchev–Trinajstić information content (AvgIpc) is 2.35. The molecule has 0 aliphatic heterocycles. The zero-order valence-corrected chi connectivity index (χ0v) is 14.8. The summed E-state index contributed by atoms with van der Waals surface area (Å²) in [5.41, 5.74) is 2.42. The van der Waals surface area contributed by atoms with Crippen LogP contribution < -0.4 is 0 Å². The maximum atomic E-state index is 11.5. The molecule has 0 aliphatic rings. The van der Waals surface area contributed by atoms with Crippen molar-refractivity contribution in [1.29, 1.82) is 0 Å². The first-order valence-corrected chi connectivity index (χ1v) is 7.69. The molecule has 0 radical (unpaired) electrons. The number of hydrogen-bond acceptors (Lipinski definition) is 3. The van der Waals surface area contributed by atoms with Crippen molar-refractivity contribution in [2.75, 3.05) is 6.61 Å². The number of phenolic OH excluding ortho intramolecular Hbond substituents is 1. The predicted octanol–water partition coefficient (Wildman–Crippen LogP) is 4.56. The molecule has 0 amide bonds. The van der Waals surface area contributed by atoms with Gasteiger partial charge in [-0.1, -0.05) is 47.6 Å². The quantitative estimate of drug-likeness (QED) is 0.657. The maximum Gasteiger partial charge on any atom is 0.330 e. The number of ether oxygens (including phenoxy) is 1. The summed E-state index contributed by atoms with van der Waals surface area (Å²) in [6.07, 6.45) is 2.98. The molecule has 1 rings (SSSR count). The molecule has 0 heterocycles. The van der Waals surface area contributed by atoms with Gasteiger partial charge in [0.2, 0.25) is 0 Å². The van der Waals surface area contributed by atoms with Crippen LogP contribution >= 0.6 is 0 Å². The second kappa shape index (κ2) is 6.55. The van der Waals surface area contributed by atoms with Crippen molar-refractivity contribution in [1.82, 2.24) is 0 Å². The van der Waals surface area contributed by atoms with Crippen LogP contribution in [0, 0.1) is 0 Å². The minimum absolute atomic E-state index is 0.0415. The first-order valence-electron chi connectivity index (χ1n) is 7.69. The van der Waals surface area contributed by atoms with Crippen molar-refractivity contribution in [3.63, 3.8) is 0 Å². The average molecular weight is 304 g/mol. The number of phenols is 1. The van der Waals surface area contributed by atoms with Gasteiger partial charge in [0.05, 0.1) is 6.61 Å². The van der Waals surface area contributed by atoms with E-state index in [1.807, 2.05) is 6.07 Å². The van der Waals surface area contributed by atoms with E-state index in [0.717, 1.165) is 11.1 Å². The van der Waals surface area contributed by atoms with E-state index in [1.165, 1.54) is 6.08 Å². The van der Waals surface area contributed by atoms with E-state index in [0.29, 0.717) is 12.2 Å². The lowest BCUT2D eigenvalue weighted by Gasteiger charge is -2.27. The molecule has 0 atom stereocenters. The molecule has 1 N–H and O–H groups in total. The molecule has 0 spiro atoms. The first-order chi connectivity index (χ1) is 9.96. The predicted molar refractivity (Wildman–Crippen MR) is 91.2 cm³/mol. The van der Waals surface area contributed by atoms with Gasteiger partial charge in [-0.05, 0) is 35.5 Å². The summed E-state index contributed by atoms with van der Waals surface area (Å²) in [6.45, 7) is 14.7. The molecule has 0 bridgehead atoms. The highest BCUT2D eigenvalue weighted by Crippen LogP contribution is 2.38. The Morgan fingerprint density at radius 1 is 1.14 bits per heavy atom. The zero-order valence-electron chi connectivity index (χ0n) is 14.8. The van der Waals surface area contributed by atoms with Crippen molar-refractivity contribution in [2.24, 2.45) is 0 Å². The van der Waals surface area contributed by atoms with Crippen molar-refractivity contribution in [2.45, 2.75) is 59.3 Å². The Morgan fingerprint density at radius 3 is 2.18 bits per heavy atom. The Hall–Kier alpha value is -1.77. The zero-order chi connectivity index (χ0) is 17.1. The summed E-state index contributed by atoms with van der Waals surface area (Å²) in [4.78, 5) is 11.5. The number of benzene rings is 1. The SMILES string of the molecule is CCOC(=O)C=Cc1cc(C(C)(C)C)cc(C(C)(C)C)c1O.